The molecule has 0 spiro atoms. The number of aliphatic carboxylic acids is 1. The van der Waals surface area contributed by atoms with Gasteiger partial charge in [-0.15, -0.1) is 0 Å². The number of methoxy groups -OCH3 is 1. The van der Waals surface area contributed by atoms with E-state index in [2.05, 4.69) is 0 Å². The highest BCUT2D eigenvalue weighted by molar-refractivity contribution is 6.00. The fraction of sp³-hybridized carbons (Fsp3) is 0.467. The van der Waals surface area contributed by atoms with Crippen molar-refractivity contribution in [1.82, 2.24) is 0 Å². The summed E-state index contributed by atoms with van der Waals surface area (Å²) < 4.78 is 5.20. The molecule has 1 saturated carbocycles. The third-order valence-electron chi connectivity index (χ3n) is 4.10. The van der Waals surface area contributed by atoms with Crippen molar-refractivity contribution in [3.63, 3.8) is 0 Å². The number of rotatable bonds is 3. The summed E-state index contributed by atoms with van der Waals surface area (Å²) in [5, 5.41) is 8.95. The van der Waals surface area contributed by atoms with Gasteiger partial charge < -0.3 is 14.7 Å². The van der Waals surface area contributed by atoms with Crippen LogP contribution in [-0.4, -0.2) is 30.6 Å². The summed E-state index contributed by atoms with van der Waals surface area (Å²) in [6, 6.07) is 5.69. The number of amides is 1. The number of fused-ring (bicyclic) bond motifs is 1. The molecule has 1 aromatic carbocycles. The molecule has 1 aliphatic carbocycles. The molecule has 2 unspecified atom stereocenters. The van der Waals surface area contributed by atoms with Crippen LogP contribution >= 0.6 is 0 Å². The van der Waals surface area contributed by atoms with Crippen LogP contribution in [0.5, 0.6) is 5.75 Å². The molecule has 1 aliphatic heterocycles. The van der Waals surface area contributed by atoms with Gasteiger partial charge in [0.25, 0.3) is 0 Å². The van der Waals surface area contributed by atoms with Gasteiger partial charge in [-0.1, -0.05) is 0 Å². The molecule has 1 fully saturated rings. The maximum Gasteiger partial charge on any atom is 0.307 e. The van der Waals surface area contributed by atoms with Crippen LogP contribution in [-0.2, 0) is 16.0 Å². The molecule has 0 radical (unpaired) electrons. The van der Waals surface area contributed by atoms with Crippen molar-refractivity contribution in [3.8, 4) is 5.75 Å². The zero-order chi connectivity index (χ0) is 14.3. The zero-order valence-electron chi connectivity index (χ0n) is 11.3. The first-order valence-electron chi connectivity index (χ1n) is 6.83. The summed E-state index contributed by atoms with van der Waals surface area (Å²) in [7, 11) is 1.62. The molecule has 20 heavy (non-hydrogen) atoms. The Morgan fingerprint density at radius 1 is 1.35 bits per heavy atom. The number of benzene rings is 1. The minimum Gasteiger partial charge on any atom is -0.497 e. The van der Waals surface area contributed by atoms with E-state index in [0.29, 0.717) is 13.0 Å². The maximum atomic E-state index is 12.4. The molecule has 0 bridgehead atoms. The average Bonchev–Trinajstić information content (AvgIpc) is 3.26. The zero-order valence-corrected chi connectivity index (χ0v) is 11.3. The largest absolute Gasteiger partial charge is 0.497 e. The maximum absolute atomic E-state index is 12.4. The van der Waals surface area contributed by atoms with E-state index in [1.807, 2.05) is 18.2 Å². The van der Waals surface area contributed by atoms with E-state index in [1.165, 1.54) is 0 Å². The summed E-state index contributed by atoms with van der Waals surface area (Å²) in [5.74, 6) is -0.974. The summed E-state index contributed by atoms with van der Waals surface area (Å²) >= 11 is 0. The predicted molar refractivity (Wildman–Crippen MR) is 72.9 cm³/mol. The first kappa shape index (κ1) is 13.0. The molecule has 5 heteroatoms. The van der Waals surface area contributed by atoms with E-state index in [4.69, 9.17) is 9.84 Å². The smallest absolute Gasteiger partial charge is 0.307 e. The van der Waals surface area contributed by atoms with Gasteiger partial charge in [0.15, 0.2) is 0 Å². The van der Waals surface area contributed by atoms with Crippen LogP contribution in [0, 0.1) is 11.8 Å². The molecular weight excluding hydrogens is 258 g/mol. The van der Waals surface area contributed by atoms with Crippen molar-refractivity contribution in [3.05, 3.63) is 23.8 Å². The summed E-state index contributed by atoms with van der Waals surface area (Å²) in [5.41, 5.74) is 1.99. The van der Waals surface area contributed by atoms with Crippen LogP contribution < -0.4 is 9.64 Å². The first-order valence-corrected chi connectivity index (χ1v) is 6.83. The van der Waals surface area contributed by atoms with Gasteiger partial charge in [0, 0.05) is 12.2 Å². The van der Waals surface area contributed by atoms with Crippen molar-refractivity contribution in [1.29, 1.82) is 0 Å². The quantitative estimate of drug-likeness (QED) is 0.911. The molecule has 1 aromatic rings. The highest BCUT2D eigenvalue weighted by Gasteiger charge is 2.50. The molecular formula is C15H17NO4. The van der Waals surface area contributed by atoms with Gasteiger partial charge in [0.05, 0.1) is 18.9 Å². The number of nitrogens with zero attached hydrogens (tertiary/aromatic N) is 1. The Bertz CT molecular complexity index is 569. The van der Waals surface area contributed by atoms with Gasteiger partial charge in [0.2, 0.25) is 5.91 Å². The molecule has 0 saturated heterocycles. The fourth-order valence-corrected chi connectivity index (χ4v) is 2.87. The van der Waals surface area contributed by atoms with Crippen LogP contribution in [0.2, 0.25) is 0 Å². The van der Waals surface area contributed by atoms with Crippen LogP contribution in [0.4, 0.5) is 5.69 Å². The van der Waals surface area contributed by atoms with E-state index < -0.39 is 11.9 Å². The lowest BCUT2D eigenvalue weighted by atomic mass is 10.0. The SMILES string of the molecule is COc1ccc2c(c1)CCCN2C(=O)C1CC1C(=O)O. The van der Waals surface area contributed by atoms with Crippen molar-refractivity contribution in [2.75, 3.05) is 18.6 Å². The number of aryl methyl sites for hydroxylation is 1. The number of carbonyl (C=O) groups is 2. The number of ether oxygens (including phenoxy) is 1. The third-order valence-corrected chi connectivity index (χ3v) is 4.10. The molecule has 106 valence electrons. The number of carboxylic acid groups (broad SMARTS) is 1. The van der Waals surface area contributed by atoms with E-state index in [9.17, 15) is 9.59 Å². The highest BCUT2D eigenvalue weighted by Crippen LogP contribution is 2.42. The van der Waals surface area contributed by atoms with E-state index in [0.717, 1.165) is 29.8 Å². The molecule has 3 rings (SSSR count). The van der Waals surface area contributed by atoms with Crippen molar-refractivity contribution < 1.29 is 19.4 Å². The van der Waals surface area contributed by atoms with Crippen molar-refractivity contribution >= 4 is 17.6 Å². The second-order valence-corrected chi connectivity index (χ2v) is 5.37. The minimum absolute atomic E-state index is 0.0523. The van der Waals surface area contributed by atoms with Crippen molar-refractivity contribution in [2.45, 2.75) is 19.3 Å². The number of carbonyl (C=O) groups excluding carboxylic acids is 1. The molecule has 0 aromatic heterocycles. The van der Waals surface area contributed by atoms with Gasteiger partial charge >= 0.3 is 5.97 Å². The second kappa shape index (κ2) is 4.81. The Balaban J connectivity index is 1.83. The Morgan fingerprint density at radius 3 is 2.80 bits per heavy atom. The lowest BCUT2D eigenvalue weighted by molar-refractivity contribution is -0.140. The standard InChI is InChI=1S/C15H17NO4/c1-20-10-4-5-13-9(7-10)3-2-6-16(13)14(17)11-8-12(11)15(18)19/h4-5,7,11-12H,2-3,6,8H2,1H3,(H,18,19). The van der Waals surface area contributed by atoms with Crippen LogP contribution in [0.15, 0.2) is 18.2 Å². The normalized spacial score (nSPS) is 23.9. The van der Waals surface area contributed by atoms with E-state index in [-0.39, 0.29) is 11.8 Å². The van der Waals surface area contributed by atoms with Crippen LogP contribution in [0.3, 0.4) is 0 Å². The third kappa shape index (κ3) is 2.13. The van der Waals surface area contributed by atoms with Crippen LogP contribution in [0.25, 0.3) is 0 Å². The average molecular weight is 275 g/mol. The lowest BCUT2D eigenvalue weighted by Crippen LogP contribution is -2.37. The van der Waals surface area contributed by atoms with E-state index in [1.54, 1.807) is 12.0 Å². The van der Waals surface area contributed by atoms with Gasteiger partial charge in [-0.05, 0) is 43.0 Å². The second-order valence-electron chi connectivity index (χ2n) is 5.37. The molecule has 2 aliphatic rings. The molecule has 1 heterocycles. The van der Waals surface area contributed by atoms with Gasteiger partial charge in [-0.25, -0.2) is 0 Å². The predicted octanol–water partition coefficient (Wildman–Crippen LogP) is 1.70. The molecule has 2 atom stereocenters. The lowest BCUT2D eigenvalue weighted by Gasteiger charge is -2.30. The molecule has 1 amide bonds. The first-order chi connectivity index (χ1) is 9.61. The van der Waals surface area contributed by atoms with Crippen molar-refractivity contribution in [2.24, 2.45) is 11.8 Å². The Labute approximate surface area is 117 Å². The molecule has 1 N–H and O–H groups in total. The van der Waals surface area contributed by atoms with Gasteiger partial charge in [-0.3, -0.25) is 9.59 Å². The van der Waals surface area contributed by atoms with E-state index >= 15 is 0 Å². The van der Waals surface area contributed by atoms with Gasteiger partial charge in [-0.2, -0.15) is 0 Å². The topological polar surface area (TPSA) is 66.8 Å². The fourth-order valence-electron chi connectivity index (χ4n) is 2.87. The summed E-state index contributed by atoms with van der Waals surface area (Å²) in [4.78, 5) is 25.1. The summed E-state index contributed by atoms with van der Waals surface area (Å²) in [6.45, 7) is 0.668. The number of hydrogen-bond acceptors (Lipinski definition) is 3. The summed E-state index contributed by atoms with van der Waals surface area (Å²) in [6.07, 6.45) is 2.29. The van der Waals surface area contributed by atoms with Gasteiger partial charge in [0.1, 0.15) is 5.75 Å². The molecule has 5 nitrogen and oxygen atoms in total. The number of hydrogen-bond donors (Lipinski definition) is 1. The minimum atomic E-state index is -0.865. The Kier molecular flexibility index (Phi) is 3.12. The number of anilines is 1. The highest BCUT2D eigenvalue weighted by atomic mass is 16.5. The van der Waals surface area contributed by atoms with Crippen LogP contribution in [0.1, 0.15) is 18.4 Å². The Morgan fingerprint density at radius 2 is 2.15 bits per heavy atom. The number of carboxylic acids is 1. The Hall–Kier alpha value is -2.04. The monoisotopic (exact) mass is 275 g/mol.